The van der Waals surface area contributed by atoms with Gasteiger partial charge in [0.05, 0.1) is 12.6 Å². The second-order valence-electron chi connectivity index (χ2n) is 4.70. The van der Waals surface area contributed by atoms with Crippen molar-refractivity contribution in [1.29, 1.82) is 0 Å². The molecule has 1 N–H and O–H groups in total. The van der Waals surface area contributed by atoms with Crippen molar-refractivity contribution in [3.63, 3.8) is 0 Å². The third-order valence-corrected chi connectivity index (χ3v) is 2.81. The molecule has 0 fully saturated rings. The average molecular weight is 226 g/mol. The van der Waals surface area contributed by atoms with E-state index in [1.807, 2.05) is 0 Å². The third kappa shape index (κ3) is 4.99. The molecular weight excluding hydrogens is 200 g/mol. The molecule has 1 atom stereocenters. The minimum absolute atomic E-state index is 0.405. The zero-order valence-corrected chi connectivity index (χ0v) is 11.0. The van der Waals surface area contributed by atoms with Crippen molar-refractivity contribution < 1.29 is 4.74 Å². The number of ether oxygens (including phenoxy) is 1. The summed E-state index contributed by atoms with van der Waals surface area (Å²) < 4.78 is 5.75. The van der Waals surface area contributed by atoms with Gasteiger partial charge in [0.15, 0.2) is 0 Å². The van der Waals surface area contributed by atoms with Crippen molar-refractivity contribution in [2.45, 2.75) is 38.6 Å². The molecule has 3 heteroatoms. The Morgan fingerprint density at radius 1 is 1.50 bits per heavy atom. The zero-order chi connectivity index (χ0) is 11.8. The standard InChI is InChI=1S/C13H26N2O/c1-4-9-14-12(8-10-15(2)3)13-7-5-6-11-16-13/h7,12,14H,4-6,8-11H2,1-3H3. The van der Waals surface area contributed by atoms with E-state index in [4.69, 9.17) is 4.74 Å². The molecule has 0 aromatic carbocycles. The van der Waals surface area contributed by atoms with Crippen LogP contribution in [0.25, 0.3) is 0 Å². The van der Waals surface area contributed by atoms with Gasteiger partial charge in [0.2, 0.25) is 0 Å². The normalized spacial score (nSPS) is 18.1. The van der Waals surface area contributed by atoms with Crippen LogP contribution in [0.4, 0.5) is 0 Å². The highest BCUT2D eigenvalue weighted by atomic mass is 16.5. The van der Waals surface area contributed by atoms with Crippen molar-refractivity contribution in [2.75, 3.05) is 33.8 Å². The lowest BCUT2D eigenvalue weighted by atomic mass is 10.1. The van der Waals surface area contributed by atoms with Crippen LogP contribution in [0.5, 0.6) is 0 Å². The lowest BCUT2D eigenvalue weighted by Gasteiger charge is -2.25. The molecule has 94 valence electrons. The topological polar surface area (TPSA) is 24.5 Å². The molecule has 1 heterocycles. The Hall–Kier alpha value is -0.540. The largest absolute Gasteiger partial charge is 0.497 e. The van der Waals surface area contributed by atoms with E-state index in [1.54, 1.807) is 0 Å². The van der Waals surface area contributed by atoms with E-state index >= 15 is 0 Å². The van der Waals surface area contributed by atoms with Gasteiger partial charge < -0.3 is 15.0 Å². The maximum atomic E-state index is 5.75. The fraction of sp³-hybridized carbons (Fsp3) is 0.846. The number of nitrogens with zero attached hydrogens (tertiary/aromatic N) is 1. The highest BCUT2D eigenvalue weighted by Gasteiger charge is 2.16. The fourth-order valence-electron chi connectivity index (χ4n) is 1.87. The summed E-state index contributed by atoms with van der Waals surface area (Å²) in [7, 11) is 4.24. The van der Waals surface area contributed by atoms with Crippen LogP contribution in [-0.2, 0) is 4.74 Å². The van der Waals surface area contributed by atoms with E-state index in [-0.39, 0.29) is 0 Å². The average Bonchev–Trinajstić information content (AvgIpc) is 2.30. The van der Waals surface area contributed by atoms with Crippen LogP contribution in [0.15, 0.2) is 11.8 Å². The van der Waals surface area contributed by atoms with E-state index in [0.717, 1.165) is 32.5 Å². The minimum Gasteiger partial charge on any atom is -0.497 e. The molecule has 0 aromatic rings. The summed E-state index contributed by atoms with van der Waals surface area (Å²) in [5, 5.41) is 3.57. The first-order chi connectivity index (χ1) is 7.74. The molecule has 0 amide bonds. The van der Waals surface area contributed by atoms with Crippen molar-refractivity contribution in [3.05, 3.63) is 11.8 Å². The predicted molar refractivity (Wildman–Crippen MR) is 68.5 cm³/mol. The van der Waals surface area contributed by atoms with Gasteiger partial charge >= 0.3 is 0 Å². The first-order valence-corrected chi connectivity index (χ1v) is 6.45. The van der Waals surface area contributed by atoms with Gasteiger partial charge in [0.1, 0.15) is 5.76 Å². The highest BCUT2D eigenvalue weighted by molar-refractivity contribution is 5.05. The van der Waals surface area contributed by atoms with Gasteiger partial charge in [0, 0.05) is 0 Å². The van der Waals surface area contributed by atoms with E-state index in [9.17, 15) is 0 Å². The Labute approximate surface area is 99.8 Å². The summed E-state index contributed by atoms with van der Waals surface area (Å²) in [4.78, 5) is 2.23. The SMILES string of the molecule is CCCNC(CCN(C)C)C1=CCCCO1. The molecule has 0 saturated heterocycles. The zero-order valence-electron chi connectivity index (χ0n) is 11.0. The maximum absolute atomic E-state index is 5.75. The summed E-state index contributed by atoms with van der Waals surface area (Å²) in [5.41, 5.74) is 0. The molecule has 0 aromatic heterocycles. The molecule has 1 aliphatic rings. The Kier molecular flexibility index (Phi) is 6.50. The van der Waals surface area contributed by atoms with Gasteiger partial charge in [-0.1, -0.05) is 6.92 Å². The molecule has 0 spiro atoms. The molecule has 0 radical (unpaired) electrons. The number of rotatable bonds is 7. The van der Waals surface area contributed by atoms with Crippen LogP contribution in [-0.4, -0.2) is 44.7 Å². The number of hydrogen-bond acceptors (Lipinski definition) is 3. The Bertz CT molecular complexity index is 214. The van der Waals surface area contributed by atoms with Crippen LogP contribution in [0.1, 0.15) is 32.6 Å². The molecule has 3 nitrogen and oxygen atoms in total. The predicted octanol–water partition coefficient (Wildman–Crippen LogP) is 2.00. The summed E-state index contributed by atoms with van der Waals surface area (Å²) in [6.07, 6.45) is 6.89. The maximum Gasteiger partial charge on any atom is 0.109 e. The third-order valence-electron chi connectivity index (χ3n) is 2.81. The van der Waals surface area contributed by atoms with Gasteiger partial charge in [-0.2, -0.15) is 0 Å². The minimum atomic E-state index is 0.405. The molecule has 16 heavy (non-hydrogen) atoms. The Morgan fingerprint density at radius 2 is 2.31 bits per heavy atom. The highest BCUT2D eigenvalue weighted by Crippen LogP contribution is 2.16. The molecule has 1 aliphatic heterocycles. The molecule has 1 unspecified atom stereocenters. The summed E-state index contributed by atoms with van der Waals surface area (Å²) in [6.45, 7) is 5.26. The summed E-state index contributed by atoms with van der Waals surface area (Å²) in [6, 6.07) is 0.405. The second-order valence-corrected chi connectivity index (χ2v) is 4.70. The Balaban J connectivity index is 2.44. The summed E-state index contributed by atoms with van der Waals surface area (Å²) in [5.74, 6) is 1.17. The van der Waals surface area contributed by atoms with Crippen LogP contribution < -0.4 is 5.32 Å². The van der Waals surface area contributed by atoms with Crippen molar-refractivity contribution in [2.24, 2.45) is 0 Å². The van der Waals surface area contributed by atoms with Crippen LogP contribution in [0, 0.1) is 0 Å². The second kappa shape index (κ2) is 7.69. The lowest BCUT2D eigenvalue weighted by Crippen LogP contribution is -2.36. The van der Waals surface area contributed by atoms with Gasteiger partial charge in [-0.15, -0.1) is 0 Å². The van der Waals surface area contributed by atoms with Crippen LogP contribution in [0.2, 0.25) is 0 Å². The Morgan fingerprint density at radius 3 is 2.88 bits per heavy atom. The monoisotopic (exact) mass is 226 g/mol. The van der Waals surface area contributed by atoms with Crippen LogP contribution in [0.3, 0.4) is 0 Å². The fourth-order valence-corrected chi connectivity index (χ4v) is 1.87. The van der Waals surface area contributed by atoms with Gasteiger partial charge in [-0.25, -0.2) is 0 Å². The van der Waals surface area contributed by atoms with Crippen molar-refractivity contribution in [1.82, 2.24) is 10.2 Å². The van der Waals surface area contributed by atoms with Crippen molar-refractivity contribution >= 4 is 0 Å². The molecule has 0 bridgehead atoms. The lowest BCUT2D eigenvalue weighted by molar-refractivity contribution is 0.162. The molecular formula is C13H26N2O. The van der Waals surface area contributed by atoms with Gasteiger partial charge in [0.25, 0.3) is 0 Å². The molecule has 0 aliphatic carbocycles. The summed E-state index contributed by atoms with van der Waals surface area (Å²) >= 11 is 0. The van der Waals surface area contributed by atoms with E-state index in [2.05, 4.69) is 37.3 Å². The molecule has 0 saturated carbocycles. The smallest absolute Gasteiger partial charge is 0.109 e. The number of nitrogens with one attached hydrogen (secondary N) is 1. The van der Waals surface area contributed by atoms with Crippen LogP contribution >= 0.6 is 0 Å². The number of hydrogen-bond donors (Lipinski definition) is 1. The van der Waals surface area contributed by atoms with Crippen molar-refractivity contribution in [3.8, 4) is 0 Å². The first kappa shape index (κ1) is 13.5. The van der Waals surface area contributed by atoms with Gasteiger partial charge in [-0.05, 0) is 58.9 Å². The first-order valence-electron chi connectivity index (χ1n) is 6.45. The van der Waals surface area contributed by atoms with Gasteiger partial charge in [-0.3, -0.25) is 0 Å². The number of allylic oxidation sites excluding steroid dienone is 1. The van der Waals surface area contributed by atoms with E-state index in [0.29, 0.717) is 6.04 Å². The quantitative estimate of drug-likeness (QED) is 0.718. The molecule has 1 rings (SSSR count). The van der Waals surface area contributed by atoms with E-state index < -0.39 is 0 Å². The van der Waals surface area contributed by atoms with E-state index in [1.165, 1.54) is 18.6 Å².